The van der Waals surface area contributed by atoms with Crippen molar-refractivity contribution in [3.63, 3.8) is 0 Å². The third kappa shape index (κ3) is 5.31. The highest BCUT2D eigenvalue weighted by Crippen LogP contribution is 2.31. The van der Waals surface area contributed by atoms with E-state index in [0.29, 0.717) is 17.1 Å². The Bertz CT molecular complexity index is 776. The van der Waals surface area contributed by atoms with Crippen molar-refractivity contribution in [1.82, 2.24) is 5.32 Å². The van der Waals surface area contributed by atoms with Gasteiger partial charge in [0.2, 0.25) is 5.91 Å². The minimum Gasteiger partial charge on any atom is -0.478 e. The summed E-state index contributed by atoms with van der Waals surface area (Å²) in [5.41, 5.74) is 2.74. The van der Waals surface area contributed by atoms with E-state index in [4.69, 9.17) is 16.3 Å². The molecule has 1 atom stereocenters. The van der Waals surface area contributed by atoms with E-state index < -0.39 is 12.1 Å². The smallest absolute Gasteiger partial charge is 0.335 e. The molecule has 25 heavy (non-hydrogen) atoms. The van der Waals surface area contributed by atoms with Gasteiger partial charge in [0.1, 0.15) is 6.10 Å². The van der Waals surface area contributed by atoms with Crippen LogP contribution in [-0.4, -0.2) is 30.1 Å². The van der Waals surface area contributed by atoms with Crippen LogP contribution in [0.4, 0.5) is 0 Å². The fourth-order valence-corrected chi connectivity index (χ4v) is 2.68. The first-order chi connectivity index (χ1) is 11.9. The number of nitrogens with one attached hydrogen (secondary N) is 1. The predicted octanol–water partition coefficient (Wildman–Crippen LogP) is 3.59. The molecular weight excluding hydrogens is 342 g/mol. The van der Waals surface area contributed by atoms with Crippen LogP contribution in [-0.2, 0) is 9.53 Å². The zero-order valence-electron chi connectivity index (χ0n) is 14.1. The number of rotatable bonds is 7. The maximum absolute atomic E-state index is 11.3. The van der Waals surface area contributed by atoms with Crippen LogP contribution in [0, 0.1) is 6.92 Å². The highest BCUT2D eigenvalue weighted by Gasteiger charge is 2.19. The standard InChI is InChI=1S/C19H20ClNO4/c1-12-6-7-16(20)11-17(12)18(25-9-8-21-13(2)22)14-4-3-5-15(10-14)19(23)24/h3-7,10-11,18H,8-9H2,1-2H3,(H,21,22)(H,23,24). The lowest BCUT2D eigenvalue weighted by Crippen LogP contribution is -2.25. The lowest BCUT2D eigenvalue weighted by Gasteiger charge is -2.21. The number of hydrogen-bond donors (Lipinski definition) is 2. The van der Waals surface area contributed by atoms with Crippen molar-refractivity contribution in [2.45, 2.75) is 20.0 Å². The molecule has 1 unspecified atom stereocenters. The molecule has 2 aromatic carbocycles. The summed E-state index contributed by atoms with van der Waals surface area (Å²) in [6.45, 7) is 4.03. The number of ether oxygens (including phenoxy) is 1. The lowest BCUT2D eigenvalue weighted by atomic mass is 9.96. The molecule has 0 aliphatic rings. The monoisotopic (exact) mass is 361 g/mol. The zero-order chi connectivity index (χ0) is 18.4. The molecule has 0 aliphatic heterocycles. The van der Waals surface area contributed by atoms with Gasteiger partial charge in [0.25, 0.3) is 0 Å². The molecule has 0 fully saturated rings. The Morgan fingerprint density at radius 2 is 2.00 bits per heavy atom. The first-order valence-corrected chi connectivity index (χ1v) is 8.21. The topological polar surface area (TPSA) is 75.6 Å². The second-order valence-electron chi connectivity index (χ2n) is 5.67. The summed E-state index contributed by atoms with van der Waals surface area (Å²) in [4.78, 5) is 22.3. The lowest BCUT2D eigenvalue weighted by molar-refractivity contribution is -0.119. The summed E-state index contributed by atoms with van der Waals surface area (Å²) in [7, 11) is 0. The van der Waals surface area contributed by atoms with E-state index in [-0.39, 0.29) is 18.1 Å². The van der Waals surface area contributed by atoms with Crippen molar-refractivity contribution < 1.29 is 19.4 Å². The number of aryl methyl sites for hydroxylation is 1. The van der Waals surface area contributed by atoms with Crippen molar-refractivity contribution in [3.05, 3.63) is 69.7 Å². The van der Waals surface area contributed by atoms with Gasteiger partial charge in [-0.05, 0) is 47.9 Å². The Labute approximate surface area is 151 Å². The summed E-state index contributed by atoms with van der Waals surface area (Å²) in [5, 5.41) is 12.5. The molecule has 132 valence electrons. The van der Waals surface area contributed by atoms with Gasteiger partial charge < -0.3 is 15.2 Å². The SMILES string of the molecule is CC(=O)NCCOC(c1cccc(C(=O)O)c1)c1cc(Cl)ccc1C. The summed E-state index contributed by atoms with van der Waals surface area (Å²) in [6, 6.07) is 12.1. The number of hydrogen-bond acceptors (Lipinski definition) is 3. The van der Waals surface area contributed by atoms with Crippen LogP contribution in [0.1, 0.15) is 40.1 Å². The van der Waals surface area contributed by atoms with Gasteiger partial charge in [-0.2, -0.15) is 0 Å². The third-order valence-electron chi connectivity index (χ3n) is 3.72. The summed E-state index contributed by atoms with van der Waals surface area (Å²) in [5.74, 6) is -1.13. The maximum Gasteiger partial charge on any atom is 0.335 e. The van der Waals surface area contributed by atoms with E-state index >= 15 is 0 Å². The predicted molar refractivity (Wildman–Crippen MR) is 96.1 cm³/mol. The Balaban J connectivity index is 2.34. The zero-order valence-corrected chi connectivity index (χ0v) is 14.8. The quantitative estimate of drug-likeness (QED) is 0.739. The molecule has 0 aromatic heterocycles. The normalized spacial score (nSPS) is 11.8. The van der Waals surface area contributed by atoms with Crippen LogP contribution >= 0.6 is 11.6 Å². The first-order valence-electron chi connectivity index (χ1n) is 7.84. The van der Waals surface area contributed by atoms with Crippen LogP contribution in [0.5, 0.6) is 0 Å². The molecule has 0 saturated heterocycles. The minimum atomic E-state index is -0.998. The van der Waals surface area contributed by atoms with E-state index in [9.17, 15) is 14.7 Å². The van der Waals surface area contributed by atoms with E-state index in [0.717, 1.165) is 11.1 Å². The molecular formula is C19H20ClNO4. The Kier molecular flexibility index (Phi) is 6.56. The van der Waals surface area contributed by atoms with Gasteiger partial charge in [0.05, 0.1) is 12.2 Å². The van der Waals surface area contributed by atoms with Crippen LogP contribution in [0.25, 0.3) is 0 Å². The second-order valence-corrected chi connectivity index (χ2v) is 6.10. The van der Waals surface area contributed by atoms with Gasteiger partial charge in [-0.1, -0.05) is 29.8 Å². The number of halogens is 1. The highest BCUT2D eigenvalue weighted by atomic mass is 35.5. The van der Waals surface area contributed by atoms with Crippen LogP contribution in [0.2, 0.25) is 5.02 Å². The van der Waals surface area contributed by atoms with E-state index in [1.807, 2.05) is 25.1 Å². The molecule has 5 nitrogen and oxygen atoms in total. The van der Waals surface area contributed by atoms with Gasteiger partial charge in [0.15, 0.2) is 0 Å². The van der Waals surface area contributed by atoms with Crippen molar-refractivity contribution in [2.24, 2.45) is 0 Å². The minimum absolute atomic E-state index is 0.132. The van der Waals surface area contributed by atoms with Crippen LogP contribution < -0.4 is 5.32 Å². The van der Waals surface area contributed by atoms with E-state index in [1.54, 1.807) is 18.2 Å². The molecule has 0 spiro atoms. The molecule has 2 aromatic rings. The van der Waals surface area contributed by atoms with Crippen molar-refractivity contribution in [2.75, 3.05) is 13.2 Å². The van der Waals surface area contributed by atoms with Gasteiger partial charge in [-0.3, -0.25) is 4.79 Å². The summed E-state index contributed by atoms with van der Waals surface area (Å²) in [6.07, 6.45) is -0.480. The number of benzene rings is 2. The molecule has 2 N–H and O–H groups in total. The van der Waals surface area contributed by atoms with Crippen molar-refractivity contribution >= 4 is 23.5 Å². The van der Waals surface area contributed by atoms with E-state index in [1.165, 1.54) is 13.0 Å². The average Bonchev–Trinajstić information content (AvgIpc) is 2.57. The van der Waals surface area contributed by atoms with Crippen LogP contribution in [0.15, 0.2) is 42.5 Å². The number of carbonyl (C=O) groups is 2. The molecule has 0 bridgehead atoms. The highest BCUT2D eigenvalue weighted by molar-refractivity contribution is 6.30. The Morgan fingerprint density at radius 3 is 2.68 bits per heavy atom. The summed E-state index contributed by atoms with van der Waals surface area (Å²) < 4.78 is 5.97. The second kappa shape index (κ2) is 8.65. The molecule has 0 saturated carbocycles. The molecule has 2 rings (SSSR count). The molecule has 0 radical (unpaired) electrons. The van der Waals surface area contributed by atoms with Gasteiger partial charge in [-0.15, -0.1) is 0 Å². The Hall–Kier alpha value is -2.37. The van der Waals surface area contributed by atoms with Crippen LogP contribution in [0.3, 0.4) is 0 Å². The van der Waals surface area contributed by atoms with E-state index in [2.05, 4.69) is 5.32 Å². The first kappa shape index (κ1) is 19.0. The largest absolute Gasteiger partial charge is 0.478 e. The molecule has 1 amide bonds. The van der Waals surface area contributed by atoms with Gasteiger partial charge in [-0.25, -0.2) is 4.79 Å². The van der Waals surface area contributed by atoms with Crippen molar-refractivity contribution in [3.8, 4) is 0 Å². The number of amides is 1. The number of carboxylic acids is 1. The third-order valence-corrected chi connectivity index (χ3v) is 3.96. The Morgan fingerprint density at radius 1 is 1.24 bits per heavy atom. The maximum atomic E-state index is 11.3. The fourth-order valence-electron chi connectivity index (χ4n) is 2.50. The van der Waals surface area contributed by atoms with Crippen molar-refractivity contribution in [1.29, 1.82) is 0 Å². The van der Waals surface area contributed by atoms with Gasteiger partial charge in [0, 0.05) is 18.5 Å². The average molecular weight is 362 g/mol. The molecule has 0 heterocycles. The number of aromatic carboxylic acids is 1. The fraction of sp³-hybridized carbons (Fsp3) is 0.263. The molecule has 0 aliphatic carbocycles. The number of carboxylic acid groups (broad SMARTS) is 1. The molecule has 6 heteroatoms. The summed E-state index contributed by atoms with van der Waals surface area (Å²) >= 11 is 6.13. The number of carbonyl (C=O) groups excluding carboxylic acids is 1. The van der Waals surface area contributed by atoms with Gasteiger partial charge >= 0.3 is 5.97 Å².